The van der Waals surface area contributed by atoms with Crippen LogP contribution in [-0.4, -0.2) is 117 Å². The molecule has 3 aliphatic heterocycles. The van der Waals surface area contributed by atoms with Crippen molar-refractivity contribution in [2.75, 3.05) is 99.1 Å². The maximum Gasteiger partial charge on any atom is 0.319 e. The molecule has 105 heavy (non-hydrogen) atoms. The van der Waals surface area contributed by atoms with E-state index in [1.807, 2.05) is 65.8 Å². The van der Waals surface area contributed by atoms with Gasteiger partial charge in [0.15, 0.2) is 0 Å². The van der Waals surface area contributed by atoms with E-state index in [4.69, 9.17) is 86.9 Å². The number of nitrogens with two attached hydrogens (primary N) is 3. The van der Waals surface area contributed by atoms with Crippen LogP contribution in [0.15, 0.2) is 200 Å². The number of nitrogen functional groups attached to an aromatic ring is 2. The molecule has 0 radical (unpaired) electrons. The van der Waals surface area contributed by atoms with Gasteiger partial charge in [-0.2, -0.15) is 0 Å². The number of sulfonamides is 1. The molecule has 25 heteroatoms. The molecule has 0 saturated carbocycles. The van der Waals surface area contributed by atoms with E-state index in [1.54, 1.807) is 72.0 Å². The Morgan fingerprint density at radius 2 is 0.762 bits per heavy atom. The van der Waals surface area contributed by atoms with Crippen LogP contribution >= 0.6 is 69.6 Å². The zero-order valence-electron chi connectivity index (χ0n) is 58.6. The molecule has 0 spiro atoms. The Morgan fingerprint density at radius 3 is 1.09 bits per heavy atom. The first kappa shape index (κ1) is 79.4. The van der Waals surface area contributed by atoms with E-state index >= 15 is 0 Å². The third kappa shape index (κ3) is 23.9. The van der Waals surface area contributed by atoms with Gasteiger partial charge in [-0.25, -0.2) is 32.1 Å². The predicted octanol–water partition coefficient (Wildman–Crippen LogP) is 18.2. The average Bonchev–Trinajstić information content (AvgIpc) is 0.809. The first-order valence-corrected chi connectivity index (χ1v) is 39.0. The molecule has 0 bridgehead atoms. The molecule has 9 aromatic rings. The summed E-state index contributed by atoms with van der Waals surface area (Å²) in [7, 11) is -1.05. The number of amides is 6. The lowest BCUT2D eigenvalue weighted by atomic mass is 9.79. The molecule has 12 N–H and O–H groups in total. The van der Waals surface area contributed by atoms with Crippen molar-refractivity contribution < 1.29 is 22.8 Å². The van der Waals surface area contributed by atoms with E-state index in [2.05, 4.69) is 128 Å². The van der Waals surface area contributed by atoms with Gasteiger partial charge in [-0.1, -0.05) is 173 Å². The third-order valence-electron chi connectivity index (χ3n) is 19.6. The molecule has 12 rings (SSSR count). The van der Waals surface area contributed by atoms with Gasteiger partial charge in [-0.15, -0.1) is 0 Å². The number of nitrogens with one attached hydrogen (secondary N) is 6. The van der Waals surface area contributed by atoms with Crippen LogP contribution in [0.5, 0.6) is 0 Å². The fraction of sp³-hybridized carbons (Fsp3) is 0.300. The van der Waals surface area contributed by atoms with Crippen LogP contribution in [-0.2, 0) is 10.0 Å². The summed E-state index contributed by atoms with van der Waals surface area (Å²) in [6.07, 6.45) is 9.17. The number of likely N-dealkylation sites (tertiary alicyclic amines) is 1. The van der Waals surface area contributed by atoms with Gasteiger partial charge in [0.25, 0.3) is 0 Å². The number of halogens is 6. The summed E-state index contributed by atoms with van der Waals surface area (Å²) in [4.78, 5) is 44.5. The maximum absolute atomic E-state index is 12.7. The standard InChI is InChI=1S/C27H30Cl2N4O3S.C27H30Cl2N4O.C26H29Cl2N5O/c1-2-37(35,36)33-12-9-21(10-13-33)26(18-31-27(34)32-25-15-23(28)14-24(29)16-25)20-7-5-19(6-8-20)22-4-3-11-30-17-22;1-33-11-9-20(10-12-33)26(17-31-27(34)32-25-15-22(28)14-23(29)16-25)19-7-5-18(6-8-19)21-3-2-4-24(30)13-21;27-21-13-22(28)15-24(14-21)32-26(34)31-16-25(19-8-10-33(30)11-9-19)18-6-4-17(5-7-18)20-2-1-3-23(29)12-20/h3-8,11,14-17,21,26H,2,9-10,12-13,18H2,1H3,(H2,31,32,34);2-8,13-16,20,26H,9-12,17,30H2,1H3,(H2,31,32,34);1-7,12-15,19,25H,8-11,16,29-30H2,(H2,31,32,34). The Hall–Kier alpha value is -8.15. The van der Waals surface area contributed by atoms with Gasteiger partial charge in [0.2, 0.25) is 10.0 Å². The smallest absolute Gasteiger partial charge is 0.319 e. The molecule has 3 aliphatic rings. The van der Waals surface area contributed by atoms with Crippen molar-refractivity contribution in [2.24, 2.45) is 23.6 Å². The quantitative estimate of drug-likeness (QED) is 0.0256. The molecule has 4 heterocycles. The van der Waals surface area contributed by atoms with Crippen LogP contribution in [0.2, 0.25) is 30.1 Å². The van der Waals surface area contributed by atoms with E-state index in [1.165, 1.54) is 11.1 Å². The van der Waals surface area contributed by atoms with Gasteiger partial charge >= 0.3 is 18.1 Å². The van der Waals surface area contributed by atoms with Gasteiger partial charge in [-0.3, -0.25) is 10.8 Å². The maximum atomic E-state index is 12.7. The first-order valence-electron chi connectivity index (χ1n) is 35.1. The summed E-state index contributed by atoms with van der Waals surface area (Å²) in [5.74, 6) is 7.62. The van der Waals surface area contributed by atoms with Crippen molar-refractivity contribution in [2.45, 2.75) is 63.2 Å². The Morgan fingerprint density at radius 1 is 0.438 bits per heavy atom. The Balaban J connectivity index is 0.000000169. The van der Waals surface area contributed by atoms with Crippen LogP contribution in [0.25, 0.3) is 33.4 Å². The van der Waals surface area contributed by atoms with Crippen LogP contribution in [0.1, 0.15) is 79.9 Å². The largest absolute Gasteiger partial charge is 0.399 e. The summed E-state index contributed by atoms with van der Waals surface area (Å²) in [5.41, 5.74) is 25.0. The van der Waals surface area contributed by atoms with Crippen LogP contribution in [0.3, 0.4) is 0 Å². The molecule has 8 aromatic carbocycles. The highest BCUT2D eigenvalue weighted by Crippen LogP contribution is 2.38. The number of carbonyl (C=O) groups is 3. The van der Waals surface area contributed by atoms with Gasteiger partial charge in [0.1, 0.15) is 0 Å². The lowest BCUT2D eigenvalue weighted by Crippen LogP contribution is -2.42. The van der Waals surface area contributed by atoms with Crippen LogP contribution < -0.4 is 49.2 Å². The first-order chi connectivity index (χ1) is 50.5. The second-order valence-corrected chi connectivity index (χ2v) is 31.7. The number of aromatic nitrogens is 1. The van der Waals surface area contributed by atoms with Crippen LogP contribution in [0, 0.1) is 17.8 Å². The van der Waals surface area contributed by atoms with E-state index in [9.17, 15) is 22.8 Å². The van der Waals surface area contributed by atoms with Crippen molar-refractivity contribution in [1.82, 2.24) is 35.1 Å². The SMILES string of the molecule is CCS(=O)(=O)N1CCC(C(CNC(=O)Nc2cc(Cl)cc(Cl)c2)c2ccc(-c3cccnc3)cc2)CC1.CN1CCC(C(CNC(=O)Nc2cc(Cl)cc(Cl)c2)c2ccc(-c3cccc(N)c3)cc2)CC1.Nc1cccc(-c2ccc(C(CNC(=O)Nc3cc(Cl)cc(Cl)c3)C3CCN(N)CC3)cc2)c1. The molecular formula is C80H89Cl6N13O5S. The Kier molecular flexibility index (Phi) is 29.0. The number of benzene rings is 8. The summed E-state index contributed by atoms with van der Waals surface area (Å²) in [5, 5.41) is 22.1. The number of piperidine rings is 3. The Bertz CT molecular complexity index is 4230. The monoisotopic (exact) mass is 1550 g/mol. The lowest BCUT2D eigenvalue weighted by Gasteiger charge is -2.35. The second-order valence-electron chi connectivity index (χ2n) is 26.8. The number of nitrogens with zero attached hydrogens (tertiary/aromatic N) is 4. The minimum absolute atomic E-state index is 0.0168. The van der Waals surface area contributed by atoms with Crippen LogP contribution in [0.4, 0.5) is 42.8 Å². The predicted molar refractivity (Wildman–Crippen MR) is 433 cm³/mol. The third-order valence-corrected chi connectivity index (χ3v) is 22.8. The Labute approximate surface area is 646 Å². The van der Waals surface area contributed by atoms with Gasteiger partial charge in [0, 0.05) is 135 Å². The van der Waals surface area contributed by atoms with E-state index in [-0.39, 0.29) is 47.5 Å². The summed E-state index contributed by atoms with van der Waals surface area (Å²) in [6, 6.07) is 59.0. The van der Waals surface area contributed by atoms with Gasteiger partial charge in [-0.05, 0) is 218 Å². The van der Waals surface area contributed by atoms with E-state index in [0.717, 1.165) is 115 Å². The molecule has 552 valence electrons. The molecule has 6 amide bonds. The number of rotatable bonds is 20. The fourth-order valence-electron chi connectivity index (χ4n) is 13.9. The summed E-state index contributed by atoms with van der Waals surface area (Å²) in [6.45, 7) is 7.91. The topological polar surface area (TPSA) is 258 Å². The number of hydrazine groups is 1. The van der Waals surface area contributed by atoms with Gasteiger partial charge in [0.05, 0.1) is 5.75 Å². The summed E-state index contributed by atoms with van der Waals surface area (Å²) < 4.78 is 26.3. The lowest BCUT2D eigenvalue weighted by molar-refractivity contribution is 0.169. The van der Waals surface area contributed by atoms with E-state index in [0.29, 0.717) is 91.8 Å². The van der Waals surface area contributed by atoms with E-state index < -0.39 is 10.0 Å². The highest BCUT2D eigenvalue weighted by Gasteiger charge is 2.33. The van der Waals surface area contributed by atoms with Crippen molar-refractivity contribution in [3.8, 4) is 33.4 Å². The zero-order valence-corrected chi connectivity index (χ0v) is 63.9. The fourth-order valence-corrected chi connectivity index (χ4v) is 16.6. The summed E-state index contributed by atoms with van der Waals surface area (Å²) >= 11 is 36.3. The highest BCUT2D eigenvalue weighted by molar-refractivity contribution is 7.89. The normalized spacial score (nSPS) is 15.7. The molecule has 3 atom stereocenters. The second kappa shape index (κ2) is 38.4. The van der Waals surface area contributed by atoms with Gasteiger partial charge < -0.3 is 48.3 Å². The number of pyridine rings is 1. The molecule has 18 nitrogen and oxygen atoms in total. The van der Waals surface area contributed by atoms with Crippen molar-refractivity contribution in [3.05, 3.63) is 247 Å². The minimum atomic E-state index is -3.21. The number of hydrogen-bond donors (Lipinski definition) is 9. The average molecular weight is 1560 g/mol. The zero-order chi connectivity index (χ0) is 74.6. The molecule has 3 unspecified atom stereocenters. The number of hydrogen-bond acceptors (Lipinski definition) is 11. The number of anilines is 5. The van der Waals surface area contributed by atoms with Crippen molar-refractivity contribution >= 4 is 126 Å². The molecule has 0 aliphatic carbocycles. The minimum Gasteiger partial charge on any atom is -0.399 e. The number of urea groups is 3. The molecule has 3 saturated heterocycles. The molecule has 3 fully saturated rings. The highest BCUT2D eigenvalue weighted by atomic mass is 35.5. The number of carbonyl (C=O) groups excluding carboxylic acids is 3. The molecule has 1 aromatic heterocycles. The van der Waals surface area contributed by atoms with Crippen molar-refractivity contribution in [1.29, 1.82) is 0 Å². The van der Waals surface area contributed by atoms with Crippen molar-refractivity contribution in [3.63, 3.8) is 0 Å². The molecular weight excluding hydrogens is 1470 g/mol.